The predicted molar refractivity (Wildman–Crippen MR) is 112 cm³/mol. The van der Waals surface area contributed by atoms with Gasteiger partial charge in [-0.15, -0.1) is 0 Å². The van der Waals surface area contributed by atoms with Crippen LogP contribution in [0.25, 0.3) is 0 Å². The molecule has 0 aliphatic carbocycles. The van der Waals surface area contributed by atoms with Crippen molar-refractivity contribution in [3.05, 3.63) is 67.2 Å². The van der Waals surface area contributed by atoms with Gasteiger partial charge in [0.15, 0.2) is 5.78 Å². The summed E-state index contributed by atoms with van der Waals surface area (Å²) in [4.78, 5) is 38.0. The molecule has 2 aromatic carbocycles. The number of nitro benzene ring substituents is 1. The number of ether oxygens (including phenoxy) is 1. The van der Waals surface area contributed by atoms with E-state index in [0.29, 0.717) is 53.4 Å². The number of fused-ring (bicyclic) bond motifs is 1. The lowest BCUT2D eigenvalue weighted by Gasteiger charge is -2.44. The highest BCUT2D eigenvalue weighted by molar-refractivity contribution is 6.36. The number of nitro groups is 1. The normalized spacial score (nSPS) is 17.4. The fraction of sp³-hybridized carbons (Fsp3) is 0.333. The van der Waals surface area contributed by atoms with Crippen LogP contribution in [0.3, 0.4) is 0 Å². The molecule has 1 amide bonds. The fourth-order valence-electron chi connectivity index (χ4n) is 4.13. The minimum atomic E-state index is -0.726. The Bertz CT molecular complexity index is 1080. The zero-order valence-corrected chi connectivity index (χ0v) is 17.6. The Hall–Kier alpha value is -2.64. The van der Waals surface area contributed by atoms with E-state index in [9.17, 15) is 19.7 Å². The number of nitrogens with zero attached hydrogens (tertiary/aromatic N) is 2. The van der Waals surface area contributed by atoms with Crippen LogP contribution in [0.1, 0.15) is 45.5 Å². The Labute approximate surface area is 182 Å². The first kappa shape index (κ1) is 20.6. The summed E-state index contributed by atoms with van der Waals surface area (Å²) in [5, 5.41) is 11.8. The molecule has 2 aliphatic rings. The number of hydrogen-bond acceptors (Lipinski definition) is 5. The standard InChI is InChI=1S/C21H18Cl2N2O5/c1-12-14(3-2-4-17(12)25(28)29)20(27)24-7-5-21(6-8-24)11-18(26)15-9-13(22)10-16(23)19(15)30-21/h2-4,9-10H,5-8,11H2,1H3. The SMILES string of the molecule is Cc1c(C(=O)N2CCC3(CC2)CC(=O)c2cc(Cl)cc(Cl)c2O3)cccc1[N+](=O)[O-]. The van der Waals surface area contributed by atoms with Crippen LogP contribution >= 0.6 is 23.2 Å². The number of amides is 1. The van der Waals surface area contributed by atoms with Crippen LogP contribution in [-0.4, -0.2) is 40.2 Å². The molecular formula is C21H18Cl2N2O5. The molecule has 4 rings (SSSR count). The summed E-state index contributed by atoms with van der Waals surface area (Å²) < 4.78 is 6.19. The smallest absolute Gasteiger partial charge is 0.273 e. The molecule has 0 radical (unpaired) electrons. The van der Waals surface area contributed by atoms with Gasteiger partial charge in [-0.25, -0.2) is 0 Å². The molecule has 7 nitrogen and oxygen atoms in total. The summed E-state index contributed by atoms with van der Waals surface area (Å²) in [7, 11) is 0. The third kappa shape index (κ3) is 3.52. The lowest BCUT2D eigenvalue weighted by molar-refractivity contribution is -0.385. The Morgan fingerprint density at radius 2 is 1.93 bits per heavy atom. The van der Waals surface area contributed by atoms with E-state index in [1.807, 2.05) is 0 Å². The van der Waals surface area contributed by atoms with E-state index in [-0.39, 0.29) is 28.8 Å². The van der Waals surface area contributed by atoms with E-state index in [1.54, 1.807) is 24.0 Å². The van der Waals surface area contributed by atoms with Gasteiger partial charge in [0.2, 0.25) is 0 Å². The van der Waals surface area contributed by atoms with Gasteiger partial charge in [-0.05, 0) is 25.1 Å². The second-order valence-corrected chi connectivity index (χ2v) is 8.49. The highest BCUT2D eigenvalue weighted by atomic mass is 35.5. The van der Waals surface area contributed by atoms with Crippen molar-refractivity contribution in [2.75, 3.05) is 13.1 Å². The number of carbonyl (C=O) groups is 2. The van der Waals surface area contributed by atoms with Gasteiger partial charge in [0.05, 0.1) is 21.9 Å². The topological polar surface area (TPSA) is 89.8 Å². The number of ketones is 1. The van der Waals surface area contributed by atoms with Crippen molar-refractivity contribution in [3.8, 4) is 5.75 Å². The third-order valence-corrected chi connectivity index (χ3v) is 6.30. The molecule has 0 N–H and O–H groups in total. The summed E-state index contributed by atoms with van der Waals surface area (Å²) in [5.74, 6) is -0.0139. The molecule has 0 aromatic heterocycles. The van der Waals surface area contributed by atoms with Crippen molar-refractivity contribution in [1.82, 2.24) is 4.90 Å². The summed E-state index contributed by atoms with van der Waals surface area (Å²) in [6.45, 7) is 2.31. The molecule has 1 spiro atoms. The van der Waals surface area contributed by atoms with Crippen LogP contribution in [0.15, 0.2) is 30.3 Å². The van der Waals surface area contributed by atoms with Crippen LogP contribution < -0.4 is 4.74 Å². The van der Waals surface area contributed by atoms with Crippen molar-refractivity contribution in [2.24, 2.45) is 0 Å². The first-order valence-electron chi connectivity index (χ1n) is 9.45. The highest BCUT2D eigenvalue weighted by Gasteiger charge is 2.44. The number of likely N-dealkylation sites (tertiary alicyclic amines) is 1. The van der Waals surface area contributed by atoms with Crippen LogP contribution in [-0.2, 0) is 0 Å². The molecular weight excluding hydrogens is 431 g/mol. The number of carbonyl (C=O) groups excluding carboxylic acids is 2. The number of Topliss-reactive ketones (excluding diaryl/α,β-unsaturated/α-hetero) is 1. The van der Waals surface area contributed by atoms with Crippen LogP contribution in [0.4, 0.5) is 5.69 Å². The molecule has 9 heteroatoms. The van der Waals surface area contributed by atoms with Crippen molar-refractivity contribution < 1.29 is 19.2 Å². The van der Waals surface area contributed by atoms with E-state index in [2.05, 4.69) is 0 Å². The maximum atomic E-state index is 13.0. The van der Waals surface area contributed by atoms with E-state index in [1.165, 1.54) is 18.2 Å². The molecule has 156 valence electrons. The second-order valence-electron chi connectivity index (χ2n) is 7.65. The minimum Gasteiger partial charge on any atom is -0.484 e. The van der Waals surface area contributed by atoms with Crippen molar-refractivity contribution in [1.29, 1.82) is 0 Å². The third-order valence-electron chi connectivity index (χ3n) is 5.80. The van der Waals surface area contributed by atoms with E-state index in [0.717, 1.165) is 0 Å². The molecule has 0 unspecified atom stereocenters. The highest BCUT2D eigenvalue weighted by Crippen LogP contribution is 2.44. The number of benzene rings is 2. The number of rotatable bonds is 2. The Morgan fingerprint density at radius 1 is 1.23 bits per heavy atom. The molecule has 0 bridgehead atoms. The van der Waals surface area contributed by atoms with Crippen molar-refractivity contribution >= 4 is 40.6 Å². The molecule has 1 saturated heterocycles. The molecule has 2 heterocycles. The summed E-state index contributed by atoms with van der Waals surface area (Å²) in [6.07, 6.45) is 1.10. The maximum absolute atomic E-state index is 13.0. The van der Waals surface area contributed by atoms with Gasteiger partial charge in [0, 0.05) is 48.1 Å². The summed E-state index contributed by atoms with van der Waals surface area (Å²) in [5.41, 5.74) is 0.221. The number of hydrogen-bond donors (Lipinski definition) is 0. The average Bonchev–Trinajstić information content (AvgIpc) is 2.69. The van der Waals surface area contributed by atoms with E-state index < -0.39 is 10.5 Å². The van der Waals surface area contributed by atoms with Gasteiger partial charge in [-0.1, -0.05) is 29.3 Å². The Kier molecular flexibility index (Phi) is 5.20. The minimum absolute atomic E-state index is 0.0829. The molecule has 1 fully saturated rings. The van der Waals surface area contributed by atoms with Gasteiger partial charge in [0.25, 0.3) is 11.6 Å². The zero-order chi connectivity index (χ0) is 21.6. The quantitative estimate of drug-likeness (QED) is 0.483. The van der Waals surface area contributed by atoms with Crippen molar-refractivity contribution in [2.45, 2.75) is 31.8 Å². The molecule has 30 heavy (non-hydrogen) atoms. The number of piperidine rings is 1. The van der Waals surface area contributed by atoms with Gasteiger partial charge in [-0.2, -0.15) is 0 Å². The van der Waals surface area contributed by atoms with E-state index in [4.69, 9.17) is 27.9 Å². The lowest BCUT2D eigenvalue weighted by atomic mass is 9.82. The monoisotopic (exact) mass is 448 g/mol. The molecule has 0 saturated carbocycles. The van der Waals surface area contributed by atoms with Gasteiger partial charge < -0.3 is 9.64 Å². The fourth-order valence-corrected chi connectivity index (χ4v) is 4.66. The van der Waals surface area contributed by atoms with Gasteiger partial charge in [-0.3, -0.25) is 19.7 Å². The zero-order valence-electron chi connectivity index (χ0n) is 16.1. The first-order chi connectivity index (χ1) is 14.2. The Morgan fingerprint density at radius 3 is 2.60 bits per heavy atom. The van der Waals surface area contributed by atoms with Crippen LogP contribution in [0.2, 0.25) is 10.0 Å². The van der Waals surface area contributed by atoms with Crippen LogP contribution in [0.5, 0.6) is 5.75 Å². The molecule has 2 aromatic rings. The van der Waals surface area contributed by atoms with E-state index >= 15 is 0 Å². The summed E-state index contributed by atoms with van der Waals surface area (Å²) in [6, 6.07) is 7.58. The first-order valence-corrected chi connectivity index (χ1v) is 10.2. The maximum Gasteiger partial charge on any atom is 0.273 e. The molecule has 0 atom stereocenters. The predicted octanol–water partition coefficient (Wildman–Crippen LogP) is 4.85. The largest absolute Gasteiger partial charge is 0.484 e. The Balaban J connectivity index is 1.53. The van der Waals surface area contributed by atoms with Crippen molar-refractivity contribution in [3.63, 3.8) is 0 Å². The average molecular weight is 449 g/mol. The van der Waals surface area contributed by atoms with Crippen LogP contribution in [0, 0.1) is 17.0 Å². The second kappa shape index (κ2) is 7.56. The van der Waals surface area contributed by atoms with Gasteiger partial charge >= 0.3 is 0 Å². The lowest BCUT2D eigenvalue weighted by Crippen LogP contribution is -2.52. The number of halogens is 2. The molecule has 2 aliphatic heterocycles. The van der Waals surface area contributed by atoms with Gasteiger partial charge in [0.1, 0.15) is 11.4 Å². The summed E-state index contributed by atoms with van der Waals surface area (Å²) >= 11 is 12.3.